The Hall–Kier alpha value is -3.48. The molecule has 4 saturated carbocycles. The summed E-state index contributed by atoms with van der Waals surface area (Å²) >= 11 is 0. The van der Waals surface area contributed by atoms with Crippen molar-refractivity contribution in [2.24, 2.45) is 23.7 Å². The standard InChI is InChI=1S/C26H26N6O/c33-23-7-2-18-15-27-26(29-21-3-5-22(6-4-21)31-9-1-8-28-31)30-25(18)32(23)24-19-11-16-10-17(13-19)14-20(24)12-16/h1-9,15-17,19-20,24H,10-14H2,(H,27,29,30). The Morgan fingerprint density at radius 2 is 1.67 bits per heavy atom. The van der Waals surface area contributed by atoms with Crippen molar-refractivity contribution in [1.82, 2.24) is 24.3 Å². The van der Waals surface area contributed by atoms with Gasteiger partial charge in [0.25, 0.3) is 5.56 Å². The molecule has 4 bridgehead atoms. The van der Waals surface area contributed by atoms with Crippen LogP contribution in [0.4, 0.5) is 11.6 Å². The van der Waals surface area contributed by atoms with Gasteiger partial charge in [0.15, 0.2) is 0 Å². The maximum atomic E-state index is 13.1. The average Bonchev–Trinajstić information content (AvgIpc) is 3.35. The van der Waals surface area contributed by atoms with E-state index in [9.17, 15) is 4.79 Å². The first-order valence-corrected chi connectivity index (χ1v) is 12.0. The maximum absolute atomic E-state index is 13.1. The fraction of sp³-hybridized carbons (Fsp3) is 0.385. The van der Waals surface area contributed by atoms with Gasteiger partial charge in [-0.15, -0.1) is 0 Å². The molecule has 4 aliphatic carbocycles. The molecule has 3 heterocycles. The summed E-state index contributed by atoms with van der Waals surface area (Å²) in [6.45, 7) is 0. The molecule has 0 radical (unpaired) electrons. The number of benzene rings is 1. The summed E-state index contributed by atoms with van der Waals surface area (Å²) < 4.78 is 3.83. The van der Waals surface area contributed by atoms with E-state index in [1.165, 1.54) is 32.1 Å². The molecule has 0 saturated heterocycles. The summed E-state index contributed by atoms with van der Waals surface area (Å²) in [6, 6.07) is 13.7. The summed E-state index contributed by atoms with van der Waals surface area (Å²) in [7, 11) is 0. The Bertz CT molecular complexity index is 1350. The van der Waals surface area contributed by atoms with Gasteiger partial charge in [0, 0.05) is 41.8 Å². The van der Waals surface area contributed by atoms with E-state index in [1.807, 2.05) is 58.0 Å². The fourth-order valence-corrected chi connectivity index (χ4v) is 6.95. The van der Waals surface area contributed by atoms with Gasteiger partial charge in [-0.25, -0.2) is 9.67 Å². The Morgan fingerprint density at radius 1 is 0.909 bits per heavy atom. The number of anilines is 2. The van der Waals surface area contributed by atoms with Crippen LogP contribution in [0.3, 0.4) is 0 Å². The van der Waals surface area contributed by atoms with E-state index in [1.54, 1.807) is 12.3 Å². The van der Waals surface area contributed by atoms with Gasteiger partial charge in [0.1, 0.15) is 5.65 Å². The molecular formula is C26H26N6O. The van der Waals surface area contributed by atoms with Crippen LogP contribution >= 0.6 is 0 Å². The topological polar surface area (TPSA) is 77.6 Å². The van der Waals surface area contributed by atoms with Crippen molar-refractivity contribution in [3.8, 4) is 5.69 Å². The molecule has 4 aromatic rings. The van der Waals surface area contributed by atoms with Gasteiger partial charge in [0.05, 0.1) is 5.69 Å². The van der Waals surface area contributed by atoms with Crippen molar-refractivity contribution in [2.75, 3.05) is 5.32 Å². The largest absolute Gasteiger partial charge is 0.324 e. The van der Waals surface area contributed by atoms with E-state index < -0.39 is 0 Å². The van der Waals surface area contributed by atoms with Crippen LogP contribution in [-0.4, -0.2) is 24.3 Å². The predicted octanol–water partition coefficient (Wildman–Crippen LogP) is 4.72. The highest BCUT2D eigenvalue weighted by Crippen LogP contribution is 2.58. The molecule has 0 unspecified atom stereocenters. The molecule has 166 valence electrons. The Labute approximate surface area is 191 Å². The summed E-state index contributed by atoms with van der Waals surface area (Å²) in [5, 5.41) is 8.50. The van der Waals surface area contributed by atoms with Crippen LogP contribution in [0, 0.1) is 23.7 Å². The summed E-state index contributed by atoms with van der Waals surface area (Å²) in [5.74, 6) is 3.45. The third kappa shape index (κ3) is 3.17. The van der Waals surface area contributed by atoms with Gasteiger partial charge in [-0.2, -0.15) is 10.1 Å². The van der Waals surface area contributed by atoms with E-state index in [4.69, 9.17) is 4.98 Å². The molecule has 0 spiro atoms. The molecule has 3 aromatic heterocycles. The second kappa shape index (κ2) is 7.27. The number of aromatic nitrogens is 5. The van der Waals surface area contributed by atoms with Gasteiger partial charge in [0.2, 0.25) is 5.95 Å². The number of rotatable bonds is 4. The average molecular weight is 439 g/mol. The van der Waals surface area contributed by atoms with Crippen molar-refractivity contribution < 1.29 is 0 Å². The molecule has 33 heavy (non-hydrogen) atoms. The second-order valence-electron chi connectivity index (χ2n) is 10.1. The lowest BCUT2D eigenvalue weighted by Crippen LogP contribution is -2.48. The zero-order chi connectivity index (χ0) is 21.9. The van der Waals surface area contributed by atoms with Crippen molar-refractivity contribution in [3.63, 3.8) is 0 Å². The SMILES string of the molecule is O=c1ccc2cnc(Nc3ccc(-n4cccn4)cc3)nc2n1C1C2CC3CC(C2)CC1C3. The highest BCUT2D eigenvalue weighted by Gasteiger charge is 2.49. The van der Waals surface area contributed by atoms with Crippen molar-refractivity contribution in [3.05, 3.63) is 71.4 Å². The number of fused-ring (bicyclic) bond motifs is 1. The third-order valence-corrected chi connectivity index (χ3v) is 8.03. The first-order valence-electron chi connectivity index (χ1n) is 12.0. The first kappa shape index (κ1) is 19.0. The van der Waals surface area contributed by atoms with Crippen molar-refractivity contribution in [2.45, 2.75) is 38.1 Å². The lowest BCUT2D eigenvalue weighted by atomic mass is 9.54. The van der Waals surface area contributed by atoms with Crippen LogP contribution in [0.15, 0.2) is 65.8 Å². The molecule has 8 rings (SSSR count). The van der Waals surface area contributed by atoms with E-state index in [0.717, 1.165) is 34.2 Å². The molecule has 1 N–H and O–H groups in total. The minimum Gasteiger partial charge on any atom is -0.324 e. The van der Waals surface area contributed by atoms with Gasteiger partial charge in [-0.1, -0.05) is 0 Å². The van der Waals surface area contributed by atoms with Crippen LogP contribution in [0.1, 0.15) is 38.1 Å². The molecule has 0 atom stereocenters. The Kier molecular flexibility index (Phi) is 4.19. The maximum Gasteiger partial charge on any atom is 0.252 e. The minimum absolute atomic E-state index is 0.0631. The van der Waals surface area contributed by atoms with Crippen molar-refractivity contribution >= 4 is 22.7 Å². The lowest BCUT2D eigenvalue weighted by molar-refractivity contribution is -0.0289. The Balaban J connectivity index is 1.24. The van der Waals surface area contributed by atoms with Gasteiger partial charge in [-0.3, -0.25) is 9.36 Å². The predicted molar refractivity (Wildman–Crippen MR) is 127 cm³/mol. The van der Waals surface area contributed by atoms with Crippen LogP contribution < -0.4 is 10.9 Å². The second-order valence-corrected chi connectivity index (χ2v) is 10.1. The quantitative estimate of drug-likeness (QED) is 0.499. The smallest absolute Gasteiger partial charge is 0.252 e. The lowest BCUT2D eigenvalue weighted by Gasteiger charge is -2.54. The first-order chi connectivity index (χ1) is 16.2. The normalized spacial score (nSPS) is 27.8. The molecular weight excluding hydrogens is 412 g/mol. The van der Waals surface area contributed by atoms with Gasteiger partial charge >= 0.3 is 0 Å². The summed E-state index contributed by atoms with van der Waals surface area (Å²) in [5.41, 5.74) is 2.70. The third-order valence-electron chi connectivity index (χ3n) is 8.03. The van der Waals surface area contributed by atoms with Crippen LogP contribution in [0.5, 0.6) is 0 Å². The van der Waals surface area contributed by atoms with Crippen LogP contribution in [0.2, 0.25) is 0 Å². The van der Waals surface area contributed by atoms with E-state index in [-0.39, 0.29) is 11.6 Å². The summed E-state index contributed by atoms with van der Waals surface area (Å²) in [4.78, 5) is 22.5. The molecule has 7 nitrogen and oxygen atoms in total. The van der Waals surface area contributed by atoms with Gasteiger partial charge in [-0.05, 0) is 92.2 Å². The monoisotopic (exact) mass is 438 g/mol. The molecule has 0 amide bonds. The zero-order valence-corrected chi connectivity index (χ0v) is 18.3. The van der Waals surface area contributed by atoms with E-state index in [0.29, 0.717) is 17.8 Å². The highest BCUT2D eigenvalue weighted by atomic mass is 16.1. The van der Waals surface area contributed by atoms with E-state index in [2.05, 4.69) is 15.4 Å². The van der Waals surface area contributed by atoms with Crippen LogP contribution in [-0.2, 0) is 0 Å². The zero-order valence-electron chi connectivity index (χ0n) is 18.3. The number of hydrogen-bond acceptors (Lipinski definition) is 5. The van der Waals surface area contributed by atoms with E-state index >= 15 is 0 Å². The molecule has 4 fully saturated rings. The highest BCUT2D eigenvalue weighted by molar-refractivity contribution is 5.76. The number of hydrogen-bond donors (Lipinski definition) is 1. The number of nitrogens with zero attached hydrogens (tertiary/aromatic N) is 5. The molecule has 1 aromatic carbocycles. The van der Waals surface area contributed by atoms with Crippen LogP contribution in [0.25, 0.3) is 16.7 Å². The molecule has 4 aliphatic rings. The number of pyridine rings is 1. The minimum atomic E-state index is 0.0631. The number of nitrogens with one attached hydrogen (secondary N) is 1. The Morgan fingerprint density at radius 3 is 2.36 bits per heavy atom. The molecule has 7 heteroatoms. The molecule has 0 aliphatic heterocycles. The summed E-state index contributed by atoms with van der Waals surface area (Å²) in [6.07, 6.45) is 12.0. The van der Waals surface area contributed by atoms with Crippen molar-refractivity contribution in [1.29, 1.82) is 0 Å². The van der Waals surface area contributed by atoms with Gasteiger partial charge < -0.3 is 5.32 Å². The fourth-order valence-electron chi connectivity index (χ4n) is 6.95.